The number of aromatic nitrogens is 3. The van der Waals surface area contributed by atoms with Crippen LogP contribution in [0.1, 0.15) is 0 Å². The number of benzene rings is 3. The summed E-state index contributed by atoms with van der Waals surface area (Å²) in [6.07, 6.45) is 0. The number of nitrogens with zero attached hydrogens (tertiary/aromatic N) is 3. The van der Waals surface area contributed by atoms with Crippen molar-refractivity contribution in [1.82, 2.24) is 14.8 Å². The van der Waals surface area contributed by atoms with Gasteiger partial charge in [0.1, 0.15) is 5.75 Å². The molecule has 1 aromatic heterocycles. The minimum absolute atomic E-state index is 0.248. The maximum atomic E-state index is 13.7. The number of rotatable bonds is 8. The van der Waals surface area contributed by atoms with Crippen molar-refractivity contribution in [2.24, 2.45) is 0 Å². The summed E-state index contributed by atoms with van der Waals surface area (Å²) in [4.78, 5) is 0. The van der Waals surface area contributed by atoms with Crippen LogP contribution in [0.4, 0.5) is 4.39 Å². The largest absolute Gasteiger partial charge is 0.496 e. The molecule has 0 saturated heterocycles. The Kier molecular flexibility index (Phi) is 6.29. The first kappa shape index (κ1) is 20.0. The third kappa shape index (κ3) is 4.31. The van der Waals surface area contributed by atoms with Crippen molar-refractivity contribution < 1.29 is 13.9 Å². The molecule has 0 unspecified atom stereocenters. The summed E-state index contributed by atoms with van der Waals surface area (Å²) < 4.78 is 26.8. The molecule has 4 rings (SSSR count). The maximum absolute atomic E-state index is 13.7. The van der Waals surface area contributed by atoms with E-state index in [-0.39, 0.29) is 11.6 Å². The van der Waals surface area contributed by atoms with Gasteiger partial charge in [0.25, 0.3) is 0 Å². The molecule has 0 radical (unpaired) electrons. The molecule has 4 aromatic rings. The normalized spacial score (nSPS) is 10.7. The van der Waals surface area contributed by atoms with Gasteiger partial charge in [-0.1, -0.05) is 54.2 Å². The molecule has 7 heteroatoms. The lowest BCUT2D eigenvalue weighted by Gasteiger charge is -2.12. The summed E-state index contributed by atoms with van der Waals surface area (Å²) in [5, 5.41) is 9.55. The van der Waals surface area contributed by atoms with Gasteiger partial charge in [-0.25, -0.2) is 4.39 Å². The van der Waals surface area contributed by atoms with Crippen LogP contribution in [-0.4, -0.2) is 34.2 Å². The molecule has 5 nitrogen and oxygen atoms in total. The van der Waals surface area contributed by atoms with Gasteiger partial charge in [-0.05, 0) is 36.4 Å². The molecular weight excluding hydrogens is 401 g/mol. The van der Waals surface area contributed by atoms with Gasteiger partial charge in [0.2, 0.25) is 0 Å². The van der Waals surface area contributed by atoms with E-state index in [1.807, 2.05) is 59.2 Å². The number of para-hydroxylation sites is 3. The number of hydrogen-bond donors (Lipinski definition) is 0. The molecule has 0 spiro atoms. The minimum atomic E-state index is -0.367. The molecule has 0 amide bonds. The van der Waals surface area contributed by atoms with E-state index in [1.54, 1.807) is 25.3 Å². The lowest BCUT2D eigenvalue weighted by Crippen LogP contribution is -2.04. The van der Waals surface area contributed by atoms with Gasteiger partial charge in [0, 0.05) is 11.4 Å². The van der Waals surface area contributed by atoms with Crippen molar-refractivity contribution in [2.75, 3.05) is 19.5 Å². The van der Waals surface area contributed by atoms with Crippen LogP contribution < -0.4 is 9.47 Å². The van der Waals surface area contributed by atoms with Crippen LogP contribution in [0.15, 0.2) is 84.0 Å². The van der Waals surface area contributed by atoms with Gasteiger partial charge < -0.3 is 9.47 Å². The molecule has 0 aliphatic carbocycles. The van der Waals surface area contributed by atoms with E-state index < -0.39 is 0 Å². The zero-order valence-corrected chi connectivity index (χ0v) is 17.2. The quantitative estimate of drug-likeness (QED) is 0.287. The van der Waals surface area contributed by atoms with Crippen molar-refractivity contribution in [1.29, 1.82) is 0 Å². The van der Waals surface area contributed by atoms with E-state index in [1.165, 1.54) is 17.8 Å². The molecule has 0 bridgehead atoms. The minimum Gasteiger partial charge on any atom is -0.496 e. The van der Waals surface area contributed by atoms with E-state index in [4.69, 9.17) is 9.47 Å². The Morgan fingerprint density at radius 3 is 2.33 bits per heavy atom. The van der Waals surface area contributed by atoms with E-state index in [9.17, 15) is 4.39 Å². The highest BCUT2D eigenvalue weighted by Crippen LogP contribution is 2.33. The molecule has 30 heavy (non-hydrogen) atoms. The molecule has 0 atom stereocenters. The van der Waals surface area contributed by atoms with Gasteiger partial charge in [-0.2, -0.15) is 0 Å². The lowest BCUT2D eigenvalue weighted by atomic mass is 10.2. The molecular formula is C23H20FN3O2S. The predicted molar refractivity (Wildman–Crippen MR) is 116 cm³/mol. The van der Waals surface area contributed by atoms with Crippen LogP contribution in [0.3, 0.4) is 0 Å². The molecule has 1 heterocycles. The number of methoxy groups -OCH3 is 1. The van der Waals surface area contributed by atoms with E-state index >= 15 is 0 Å². The molecule has 152 valence electrons. The SMILES string of the molecule is COc1ccccc1-c1nnc(SCCOc2ccccc2F)n1-c1ccccc1. The second kappa shape index (κ2) is 9.45. The van der Waals surface area contributed by atoms with Gasteiger partial charge >= 0.3 is 0 Å². The zero-order valence-electron chi connectivity index (χ0n) is 16.4. The Morgan fingerprint density at radius 2 is 1.57 bits per heavy atom. The zero-order chi connectivity index (χ0) is 20.8. The second-order valence-corrected chi connectivity index (χ2v) is 7.37. The standard InChI is InChI=1S/C23H20FN3O2S/c1-28-20-13-7-5-11-18(20)22-25-26-23(27(22)17-9-3-2-4-10-17)30-16-15-29-21-14-8-6-12-19(21)24/h2-14H,15-16H2,1H3. The van der Waals surface area contributed by atoms with Crippen molar-refractivity contribution >= 4 is 11.8 Å². The summed E-state index contributed by atoms with van der Waals surface area (Å²) >= 11 is 1.50. The van der Waals surface area contributed by atoms with Gasteiger partial charge in [0.05, 0.1) is 19.3 Å². The summed E-state index contributed by atoms with van der Waals surface area (Å²) in [5.41, 5.74) is 1.80. The van der Waals surface area contributed by atoms with Gasteiger partial charge in [-0.3, -0.25) is 4.57 Å². The first-order valence-electron chi connectivity index (χ1n) is 9.42. The van der Waals surface area contributed by atoms with E-state index in [2.05, 4.69) is 10.2 Å². The highest BCUT2D eigenvalue weighted by molar-refractivity contribution is 7.99. The Bertz CT molecular complexity index is 1120. The number of hydrogen-bond acceptors (Lipinski definition) is 5. The second-order valence-electron chi connectivity index (χ2n) is 6.30. The highest BCUT2D eigenvalue weighted by Gasteiger charge is 2.18. The Labute approximate surface area is 178 Å². The monoisotopic (exact) mass is 421 g/mol. The van der Waals surface area contributed by atoms with Crippen LogP contribution >= 0.6 is 11.8 Å². The van der Waals surface area contributed by atoms with Gasteiger partial charge in [-0.15, -0.1) is 10.2 Å². The van der Waals surface area contributed by atoms with Gasteiger partial charge in [0.15, 0.2) is 22.5 Å². The maximum Gasteiger partial charge on any atom is 0.196 e. The molecule has 0 aliphatic rings. The van der Waals surface area contributed by atoms with Crippen LogP contribution in [-0.2, 0) is 0 Å². The Hall–Kier alpha value is -3.32. The first-order valence-corrected chi connectivity index (χ1v) is 10.4. The van der Waals surface area contributed by atoms with Crippen molar-refractivity contribution in [3.05, 3.63) is 84.7 Å². The average molecular weight is 421 g/mol. The van der Waals surface area contributed by atoms with Crippen LogP contribution in [0.2, 0.25) is 0 Å². The summed E-state index contributed by atoms with van der Waals surface area (Å²) in [6, 6.07) is 24.0. The van der Waals surface area contributed by atoms with Crippen LogP contribution in [0, 0.1) is 5.82 Å². The van der Waals surface area contributed by atoms with Crippen LogP contribution in [0.5, 0.6) is 11.5 Å². The molecule has 3 aromatic carbocycles. The fraction of sp³-hybridized carbons (Fsp3) is 0.130. The summed E-state index contributed by atoms with van der Waals surface area (Å²) in [7, 11) is 1.64. The topological polar surface area (TPSA) is 49.2 Å². The van der Waals surface area contributed by atoms with E-state index in [0.717, 1.165) is 22.2 Å². The number of halogens is 1. The number of thioether (sulfide) groups is 1. The Balaban J connectivity index is 1.59. The smallest absolute Gasteiger partial charge is 0.196 e. The van der Waals surface area contributed by atoms with Crippen LogP contribution in [0.25, 0.3) is 17.1 Å². The predicted octanol–water partition coefficient (Wildman–Crippen LogP) is 5.25. The van der Waals surface area contributed by atoms with Crippen molar-refractivity contribution in [2.45, 2.75) is 5.16 Å². The molecule has 0 N–H and O–H groups in total. The fourth-order valence-electron chi connectivity index (χ4n) is 3.02. The molecule has 0 saturated carbocycles. The highest BCUT2D eigenvalue weighted by atomic mass is 32.2. The third-order valence-electron chi connectivity index (χ3n) is 4.40. The lowest BCUT2D eigenvalue weighted by molar-refractivity contribution is 0.325. The van der Waals surface area contributed by atoms with Crippen molar-refractivity contribution in [3.8, 4) is 28.6 Å². The Morgan fingerprint density at radius 1 is 0.867 bits per heavy atom. The molecule has 0 aliphatic heterocycles. The fourth-order valence-corrected chi connectivity index (χ4v) is 3.79. The van der Waals surface area contributed by atoms with Crippen molar-refractivity contribution in [3.63, 3.8) is 0 Å². The summed E-state index contributed by atoms with van der Waals surface area (Å²) in [6.45, 7) is 0.344. The first-order chi connectivity index (χ1) is 14.8. The number of ether oxygens (including phenoxy) is 2. The third-order valence-corrected chi connectivity index (χ3v) is 5.30. The average Bonchev–Trinajstić information content (AvgIpc) is 3.22. The molecule has 0 fully saturated rings. The summed E-state index contributed by atoms with van der Waals surface area (Å²) in [5.74, 6) is 1.88. The van der Waals surface area contributed by atoms with E-state index in [0.29, 0.717) is 18.2 Å².